The number of thioether (sulfide) groups is 1. The van der Waals surface area contributed by atoms with Gasteiger partial charge in [-0.2, -0.15) is 0 Å². The fourth-order valence-electron chi connectivity index (χ4n) is 1.65. The van der Waals surface area contributed by atoms with Gasteiger partial charge in [-0.3, -0.25) is 9.78 Å². The molecule has 0 saturated heterocycles. The number of carbonyl (C=O) groups is 1. The standard InChI is InChI=1S/C15H19N3OS2/c1-11(2)13-9-21-15(18-13)5-8-17-14(19)10-20-12-3-6-16-7-4-12/h3-4,6-7,9,11H,5,8,10H2,1-2H3,(H,17,19). The molecule has 0 radical (unpaired) electrons. The summed E-state index contributed by atoms with van der Waals surface area (Å²) in [4.78, 5) is 21.3. The molecule has 0 aliphatic heterocycles. The van der Waals surface area contributed by atoms with E-state index in [2.05, 4.69) is 34.5 Å². The predicted octanol–water partition coefficient (Wildman–Crippen LogP) is 3.11. The molecule has 4 nitrogen and oxygen atoms in total. The highest BCUT2D eigenvalue weighted by molar-refractivity contribution is 8.00. The van der Waals surface area contributed by atoms with Crippen LogP contribution >= 0.6 is 23.1 Å². The first-order chi connectivity index (χ1) is 10.1. The number of pyridine rings is 1. The van der Waals surface area contributed by atoms with Crippen molar-refractivity contribution in [3.8, 4) is 0 Å². The topological polar surface area (TPSA) is 54.9 Å². The van der Waals surface area contributed by atoms with Crippen LogP contribution in [0.1, 0.15) is 30.5 Å². The molecule has 0 unspecified atom stereocenters. The van der Waals surface area contributed by atoms with E-state index in [9.17, 15) is 4.79 Å². The van der Waals surface area contributed by atoms with Crippen LogP contribution in [0.4, 0.5) is 0 Å². The number of aromatic nitrogens is 2. The van der Waals surface area contributed by atoms with Crippen LogP contribution in [0.5, 0.6) is 0 Å². The van der Waals surface area contributed by atoms with Crippen LogP contribution in [0.25, 0.3) is 0 Å². The van der Waals surface area contributed by atoms with Crippen LogP contribution in [0.15, 0.2) is 34.8 Å². The van der Waals surface area contributed by atoms with E-state index >= 15 is 0 Å². The van der Waals surface area contributed by atoms with Crippen molar-refractivity contribution in [2.75, 3.05) is 12.3 Å². The minimum Gasteiger partial charge on any atom is -0.355 e. The zero-order chi connectivity index (χ0) is 15.1. The molecule has 1 N–H and O–H groups in total. The molecule has 2 aromatic heterocycles. The van der Waals surface area contributed by atoms with Crippen molar-refractivity contribution in [1.29, 1.82) is 0 Å². The van der Waals surface area contributed by atoms with Gasteiger partial charge in [0.2, 0.25) is 5.91 Å². The Morgan fingerprint density at radius 2 is 2.14 bits per heavy atom. The van der Waals surface area contributed by atoms with Gasteiger partial charge in [-0.25, -0.2) is 4.98 Å². The first kappa shape index (κ1) is 16.0. The molecule has 6 heteroatoms. The molecule has 112 valence electrons. The number of nitrogens with zero attached hydrogens (tertiary/aromatic N) is 2. The van der Waals surface area contributed by atoms with Crippen LogP contribution in [0, 0.1) is 0 Å². The number of hydrogen-bond donors (Lipinski definition) is 1. The Balaban J connectivity index is 1.67. The maximum Gasteiger partial charge on any atom is 0.230 e. The van der Waals surface area contributed by atoms with Gasteiger partial charge in [0.05, 0.1) is 16.5 Å². The molecule has 0 bridgehead atoms. The molecule has 0 fully saturated rings. The van der Waals surface area contributed by atoms with E-state index in [1.165, 1.54) is 11.8 Å². The van der Waals surface area contributed by atoms with Gasteiger partial charge in [0, 0.05) is 35.6 Å². The molecule has 0 atom stereocenters. The Kier molecular flexibility index (Phi) is 6.20. The second-order valence-electron chi connectivity index (χ2n) is 4.89. The lowest BCUT2D eigenvalue weighted by Gasteiger charge is -2.04. The molecule has 0 aliphatic carbocycles. The molecular formula is C15H19N3OS2. The van der Waals surface area contributed by atoms with Crippen LogP contribution in [0.3, 0.4) is 0 Å². The average Bonchev–Trinajstić information content (AvgIpc) is 2.95. The van der Waals surface area contributed by atoms with E-state index < -0.39 is 0 Å². The van der Waals surface area contributed by atoms with Crippen molar-refractivity contribution in [1.82, 2.24) is 15.3 Å². The largest absolute Gasteiger partial charge is 0.355 e. The normalized spacial score (nSPS) is 10.8. The summed E-state index contributed by atoms with van der Waals surface area (Å²) in [5, 5.41) is 6.11. The first-order valence-electron chi connectivity index (χ1n) is 6.89. The Labute approximate surface area is 133 Å². The minimum absolute atomic E-state index is 0.0532. The van der Waals surface area contributed by atoms with Crippen molar-refractivity contribution < 1.29 is 4.79 Å². The Bertz CT molecular complexity index is 569. The van der Waals surface area contributed by atoms with Crippen LogP contribution in [0.2, 0.25) is 0 Å². The summed E-state index contributed by atoms with van der Waals surface area (Å²) in [7, 11) is 0. The molecule has 1 amide bonds. The third-order valence-corrected chi connectivity index (χ3v) is 4.78. The van der Waals surface area contributed by atoms with Gasteiger partial charge < -0.3 is 5.32 Å². The third kappa shape index (κ3) is 5.47. The van der Waals surface area contributed by atoms with Gasteiger partial charge in [0.1, 0.15) is 0 Å². The quantitative estimate of drug-likeness (QED) is 0.796. The highest BCUT2D eigenvalue weighted by Crippen LogP contribution is 2.18. The Morgan fingerprint density at radius 1 is 1.38 bits per heavy atom. The monoisotopic (exact) mass is 321 g/mol. The van der Waals surface area contributed by atoms with E-state index in [4.69, 9.17) is 0 Å². The summed E-state index contributed by atoms with van der Waals surface area (Å²) >= 11 is 3.18. The molecule has 0 aromatic carbocycles. The second-order valence-corrected chi connectivity index (χ2v) is 6.88. The van der Waals surface area contributed by atoms with Gasteiger partial charge in [0.15, 0.2) is 0 Å². The molecule has 21 heavy (non-hydrogen) atoms. The van der Waals surface area contributed by atoms with E-state index in [1.54, 1.807) is 23.7 Å². The molecule has 0 saturated carbocycles. The average molecular weight is 321 g/mol. The van der Waals surface area contributed by atoms with Crippen LogP contribution in [-0.4, -0.2) is 28.2 Å². The molecule has 0 spiro atoms. The maximum absolute atomic E-state index is 11.8. The van der Waals surface area contributed by atoms with Crippen molar-refractivity contribution in [2.24, 2.45) is 0 Å². The van der Waals surface area contributed by atoms with Crippen molar-refractivity contribution in [3.63, 3.8) is 0 Å². The molecule has 2 heterocycles. The van der Waals surface area contributed by atoms with Crippen molar-refractivity contribution in [2.45, 2.75) is 31.1 Å². The Hall–Kier alpha value is -1.40. The van der Waals surface area contributed by atoms with Crippen LogP contribution < -0.4 is 5.32 Å². The lowest BCUT2D eigenvalue weighted by atomic mass is 10.2. The SMILES string of the molecule is CC(C)c1csc(CCNC(=O)CSc2ccncc2)n1. The summed E-state index contributed by atoms with van der Waals surface area (Å²) < 4.78 is 0. The third-order valence-electron chi connectivity index (χ3n) is 2.84. The second kappa shape index (κ2) is 8.14. The van der Waals surface area contributed by atoms with E-state index in [-0.39, 0.29) is 5.91 Å². The summed E-state index contributed by atoms with van der Waals surface area (Å²) in [6.45, 7) is 4.91. The predicted molar refractivity (Wildman–Crippen MR) is 87.9 cm³/mol. The van der Waals surface area contributed by atoms with E-state index in [0.717, 1.165) is 22.0 Å². The van der Waals surface area contributed by atoms with E-state index in [0.29, 0.717) is 18.2 Å². The summed E-state index contributed by atoms with van der Waals surface area (Å²) in [6, 6.07) is 3.81. The van der Waals surface area contributed by atoms with Crippen molar-refractivity contribution in [3.05, 3.63) is 40.6 Å². The summed E-state index contributed by atoms with van der Waals surface area (Å²) in [6.07, 6.45) is 4.26. The van der Waals surface area contributed by atoms with Crippen LogP contribution in [-0.2, 0) is 11.2 Å². The van der Waals surface area contributed by atoms with E-state index in [1.807, 2.05) is 12.1 Å². The summed E-state index contributed by atoms with van der Waals surface area (Å²) in [5.74, 6) is 0.942. The molecule has 2 rings (SSSR count). The highest BCUT2D eigenvalue weighted by Gasteiger charge is 2.06. The summed E-state index contributed by atoms with van der Waals surface area (Å²) in [5.41, 5.74) is 1.13. The van der Waals surface area contributed by atoms with Gasteiger partial charge >= 0.3 is 0 Å². The van der Waals surface area contributed by atoms with Gasteiger partial charge in [-0.05, 0) is 18.1 Å². The highest BCUT2D eigenvalue weighted by atomic mass is 32.2. The first-order valence-corrected chi connectivity index (χ1v) is 8.75. The molecule has 2 aromatic rings. The van der Waals surface area contributed by atoms with Gasteiger partial charge in [0.25, 0.3) is 0 Å². The van der Waals surface area contributed by atoms with Gasteiger partial charge in [-0.15, -0.1) is 23.1 Å². The zero-order valence-corrected chi connectivity index (χ0v) is 13.8. The number of nitrogens with one attached hydrogen (secondary N) is 1. The number of amides is 1. The smallest absolute Gasteiger partial charge is 0.230 e. The van der Waals surface area contributed by atoms with Gasteiger partial charge in [-0.1, -0.05) is 13.8 Å². The lowest BCUT2D eigenvalue weighted by Crippen LogP contribution is -2.27. The fourth-order valence-corrected chi connectivity index (χ4v) is 3.32. The van der Waals surface area contributed by atoms with Crippen molar-refractivity contribution >= 4 is 29.0 Å². The Morgan fingerprint density at radius 3 is 2.81 bits per heavy atom. The fraction of sp³-hybridized carbons (Fsp3) is 0.400. The zero-order valence-electron chi connectivity index (χ0n) is 12.2. The molecule has 0 aliphatic rings. The molecular weight excluding hydrogens is 302 g/mol. The number of rotatable bonds is 7. The maximum atomic E-state index is 11.8. The lowest BCUT2D eigenvalue weighted by molar-refractivity contribution is -0.118. The minimum atomic E-state index is 0.0532. The number of thiazole rings is 1. The number of carbonyl (C=O) groups excluding carboxylic acids is 1. The number of hydrogen-bond acceptors (Lipinski definition) is 5.